The number of rotatable bonds is 5. The van der Waals surface area contributed by atoms with Crippen LogP contribution in [0.3, 0.4) is 0 Å². The maximum atomic E-state index is 12.3. The third kappa shape index (κ3) is 3.36. The second-order valence-corrected chi connectivity index (χ2v) is 6.71. The molecule has 132 valence electrons. The van der Waals surface area contributed by atoms with E-state index < -0.39 is 5.97 Å². The summed E-state index contributed by atoms with van der Waals surface area (Å²) in [4.78, 5) is 30.9. The monoisotopic (exact) mass is 369 g/mol. The number of carbonyl (C=O) groups excluding carboxylic acids is 2. The first-order chi connectivity index (χ1) is 12.7. The molecule has 4 rings (SSSR count). The highest BCUT2D eigenvalue weighted by atomic mass is 32.1. The van der Waals surface area contributed by atoms with Crippen LogP contribution in [0.5, 0.6) is 0 Å². The molecule has 1 aromatic carbocycles. The summed E-state index contributed by atoms with van der Waals surface area (Å²) in [5, 5.41) is 5.79. The van der Waals surface area contributed by atoms with E-state index >= 15 is 0 Å². The van der Waals surface area contributed by atoms with Crippen molar-refractivity contribution in [2.24, 2.45) is 0 Å². The normalized spacial score (nSPS) is 14.0. The van der Waals surface area contributed by atoms with Gasteiger partial charge in [-0.2, -0.15) is 4.98 Å². The molecular formula is C18H15N3O4S. The average Bonchev–Trinajstić information content (AvgIpc) is 3.40. The molecule has 3 heterocycles. The summed E-state index contributed by atoms with van der Waals surface area (Å²) in [7, 11) is 0. The van der Waals surface area contributed by atoms with Crippen LogP contribution in [-0.2, 0) is 16.1 Å². The lowest BCUT2D eigenvalue weighted by molar-refractivity contribution is -0.117. The van der Waals surface area contributed by atoms with Crippen molar-refractivity contribution in [2.45, 2.75) is 19.4 Å². The number of ether oxygens (including phenoxy) is 1. The zero-order chi connectivity index (χ0) is 17.9. The Morgan fingerprint density at radius 2 is 2.23 bits per heavy atom. The first-order valence-corrected chi connectivity index (χ1v) is 9.03. The van der Waals surface area contributed by atoms with E-state index in [0.717, 1.165) is 11.3 Å². The van der Waals surface area contributed by atoms with Gasteiger partial charge in [0.25, 0.3) is 5.89 Å². The highest BCUT2D eigenvalue weighted by molar-refractivity contribution is 7.13. The lowest BCUT2D eigenvalue weighted by atomic mass is 10.2. The van der Waals surface area contributed by atoms with E-state index in [-0.39, 0.29) is 18.4 Å². The largest absolute Gasteiger partial charge is 0.452 e. The maximum Gasteiger partial charge on any atom is 0.338 e. The standard InChI is InChI=1S/C18H15N3O4S/c22-16-7-2-8-21(16)13-5-1-4-12(10-13)18(23)24-11-15-19-17(20-25-15)14-6-3-9-26-14/h1,3-6,9-10H,2,7-8,11H2. The van der Waals surface area contributed by atoms with E-state index in [2.05, 4.69) is 10.1 Å². The van der Waals surface area contributed by atoms with Gasteiger partial charge in [0.15, 0.2) is 6.61 Å². The Morgan fingerprint density at radius 1 is 1.31 bits per heavy atom. The van der Waals surface area contributed by atoms with Crippen LogP contribution >= 0.6 is 11.3 Å². The molecule has 0 unspecified atom stereocenters. The van der Waals surface area contributed by atoms with Gasteiger partial charge in [-0.25, -0.2) is 4.79 Å². The quantitative estimate of drug-likeness (QED) is 0.642. The molecule has 0 saturated carbocycles. The molecule has 1 aliphatic heterocycles. The molecule has 1 saturated heterocycles. The molecule has 0 spiro atoms. The maximum absolute atomic E-state index is 12.3. The first-order valence-electron chi connectivity index (χ1n) is 8.15. The summed E-state index contributed by atoms with van der Waals surface area (Å²) >= 11 is 1.50. The van der Waals surface area contributed by atoms with Gasteiger partial charge in [-0.3, -0.25) is 4.79 Å². The highest BCUT2D eigenvalue weighted by Gasteiger charge is 2.22. The van der Waals surface area contributed by atoms with E-state index in [1.54, 1.807) is 23.1 Å². The predicted molar refractivity (Wildman–Crippen MR) is 94.8 cm³/mol. The number of esters is 1. The Hall–Kier alpha value is -3.00. The minimum atomic E-state index is -0.505. The van der Waals surface area contributed by atoms with Gasteiger partial charge >= 0.3 is 5.97 Å². The van der Waals surface area contributed by atoms with Crippen LogP contribution in [0.15, 0.2) is 46.3 Å². The van der Waals surface area contributed by atoms with Crippen LogP contribution in [0.2, 0.25) is 0 Å². The molecule has 0 radical (unpaired) electrons. The number of thiophene rings is 1. The second kappa shape index (κ2) is 7.09. The molecule has 0 atom stereocenters. The zero-order valence-electron chi connectivity index (χ0n) is 13.8. The minimum absolute atomic E-state index is 0.0717. The average molecular weight is 369 g/mol. The lowest BCUT2D eigenvalue weighted by Crippen LogP contribution is -2.23. The molecule has 2 aromatic heterocycles. The van der Waals surface area contributed by atoms with Crippen LogP contribution in [-0.4, -0.2) is 28.6 Å². The van der Waals surface area contributed by atoms with Gasteiger partial charge in [-0.1, -0.05) is 17.3 Å². The van der Waals surface area contributed by atoms with E-state index in [0.29, 0.717) is 30.0 Å². The lowest BCUT2D eigenvalue weighted by Gasteiger charge is -2.16. The van der Waals surface area contributed by atoms with Crippen molar-refractivity contribution in [2.75, 3.05) is 11.4 Å². The van der Waals surface area contributed by atoms with Gasteiger partial charge in [0, 0.05) is 18.7 Å². The Kier molecular flexibility index (Phi) is 4.49. The van der Waals surface area contributed by atoms with Gasteiger partial charge in [-0.05, 0) is 36.1 Å². The molecule has 26 heavy (non-hydrogen) atoms. The summed E-state index contributed by atoms with van der Waals surface area (Å²) < 4.78 is 10.4. The summed E-state index contributed by atoms with van der Waals surface area (Å²) in [5.74, 6) is 0.269. The fourth-order valence-electron chi connectivity index (χ4n) is 2.75. The third-order valence-corrected chi connectivity index (χ3v) is 4.87. The van der Waals surface area contributed by atoms with Gasteiger partial charge in [-0.15, -0.1) is 11.3 Å². The van der Waals surface area contributed by atoms with Crippen LogP contribution in [0.4, 0.5) is 5.69 Å². The third-order valence-electron chi connectivity index (χ3n) is 4.00. The van der Waals surface area contributed by atoms with Crippen molar-refractivity contribution in [3.05, 3.63) is 53.2 Å². The highest BCUT2D eigenvalue weighted by Crippen LogP contribution is 2.23. The van der Waals surface area contributed by atoms with Gasteiger partial charge in [0.1, 0.15) is 0 Å². The molecular weight excluding hydrogens is 354 g/mol. The molecule has 0 N–H and O–H groups in total. The van der Waals surface area contributed by atoms with Gasteiger partial charge < -0.3 is 14.2 Å². The molecule has 3 aromatic rings. The van der Waals surface area contributed by atoms with Crippen molar-refractivity contribution in [3.63, 3.8) is 0 Å². The number of nitrogens with zero attached hydrogens (tertiary/aromatic N) is 3. The number of aromatic nitrogens is 2. The van der Waals surface area contributed by atoms with Gasteiger partial charge in [0.05, 0.1) is 10.4 Å². The summed E-state index contributed by atoms with van der Waals surface area (Å²) in [5.41, 5.74) is 1.08. The second-order valence-electron chi connectivity index (χ2n) is 5.76. The minimum Gasteiger partial charge on any atom is -0.452 e. The zero-order valence-corrected chi connectivity index (χ0v) is 14.6. The Labute approximate surface area is 153 Å². The fourth-order valence-corrected chi connectivity index (χ4v) is 3.40. The Morgan fingerprint density at radius 3 is 3.00 bits per heavy atom. The van der Waals surface area contributed by atoms with E-state index in [4.69, 9.17) is 9.26 Å². The van der Waals surface area contributed by atoms with Crippen LogP contribution in [0, 0.1) is 0 Å². The predicted octanol–water partition coefficient (Wildman–Crippen LogP) is 3.28. The molecule has 1 amide bonds. The molecule has 7 nitrogen and oxygen atoms in total. The van der Waals surface area contributed by atoms with E-state index in [1.807, 2.05) is 23.6 Å². The number of carbonyl (C=O) groups is 2. The van der Waals surface area contributed by atoms with E-state index in [1.165, 1.54) is 11.3 Å². The van der Waals surface area contributed by atoms with Gasteiger partial charge in [0.2, 0.25) is 11.7 Å². The fraction of sp³-hybridized carbons (Fsp3) is 0.222. The van der Waals surface area contributed by atoms with Crippen LogP contribution in [0.1, 0.15) is 29.1 Å². The first kappa shape index (κ1) is 16.5. The molecule has 1 aliphatic rings. The molecule has 0 bridgehead atoms. The smallest absolute Gasteiger partial charge is 0.338 e. The SMILES string of the molecule is O=C(OCc1nc(-c2cccs2)no1)c1cccc(N2CCCC2=O)c1. The number of benzene rings is 1. The van der Waals surface area contributed by atoms with Crippen molar-refractivity contribution in [3.8, 4) is 10.7 Å². The van der Waals surface area contributed by atoms with Crippen LogP contribution < -0.4 is 4.90 Å². The summed E-state index contributed by atoms with van der Waals surface area (Å²) in [6.45, 7) is 0.564. The summed E-state index contributed by atoms with van der Waals surface area (Å²) in [6, 6.07) is 10.6. The number of hydrogen-bond acceptors (Lipinski definition) is 7. The van der Waals surface area contributed by atoms with Crippen molar-refractivity contribution in [1.29, 1.82) is 0 Å². The number of amides is 1. The number of hydrogen-bond donors (Lipinski definition) is 0. The van der Waals surface area contributed by atoms with Crippen molar-refractivity contribution in [1.82, 2.24) is 10.1 Å². The molecule has 8 heteroatoms. The molecule has 1 fully saturated rings. The number of anilines is 1. The molecule has 0 aliphatic carbocycles. The van der Waals surface area contributed by atoms with Crippen molar-refractivity contribution >= 4 is 28.9 Å². The van der Waals surface area contributed by atoms with E-state index in [9.17, 15) is 9.59 Å². The topological polar surface area (TPSA) is 85.5 Å². The van der Waals surface area contributed by atoms with Crippen molar-refractivity contribution < 1.29 is 18.8 Å². The Balaban J connectivity index is 1.41. The Bertz CT molecular complexity index is 936. The van der Waals surface area contributed by atoms with Crippen LogP contribution in [0.25, 0.3) is 10.7 Å². The summed E-state index contributed by atoms with van der Waals surface area (Å²) in [6.07, 6.45) is 1.37.